The summed E-state index contributed by atoms with van der Waals surface area (Å²) in [5, 5.41) is 4.64. The van der Waals surface area contributed by atoms with Gasteiger partial charge in [-0.2, -0.15) is 5.10 Å². The van der Waals surface area contributed by atoms with Gasteiger partial charge in [-0.15, -0.1) is 11.3 Å². The molecule has 2 heterocycles. The summed E-state index contributed by atoms with van der Waals surface area (Å²) in [6.45, 7) is 0.574. The number of carbonyl (C=O) groups is 1. The first-order valence-corrected chi connectivity index (χ1v) is 8.17. The van der Waals surface area contributed by atoms with E-state index < -0.39 is 0 Å². The van der Waals surface area contributed by atoms with E-state index in [4.69, 9.17) is 11.6 Å². The molecule has 7 heteroatoms. The van der Waals surface area contributed by atoms with Crippen LogP contribution in [0.25, 0.3) is 10.9 Å². The minimum atomic E-state index is -0.147. The highest BCUT2D eigenvalue weighted by Crippen LogP contribution is 2.22. The van der Waals surface area contributed by atoms with Crippen LogP contribution < -0.4 is 5.43 Å². The second-order valence-corrected chi connectivity index (χ2v) is 6.94. The largest absolute Gasteiger partial charge is 0.339 e. The third-order valence-electron chi connectivity index (χ3n) is 3.49. The number of hydrogen-bond acceptors (Lipinski definition) is 4. The van der Waals surface area contributed by atoms with E-state index in [1.807, 2.05) is 18.2 Å². The van der Waals surface area contributed by atoms with Crippen molar-refractivity contribution >= 4 is 39.7 Å². The molecule has 0 N–H and O–H groups in total. The maximum atomic E-state index is 12.4. The highest BCUT2D eigenvalue weighted by Gasteiger charge is 2.13. The van der Waals surface area contributed by atoms with Crippen LogP contribution in [0, 0.1) is 0 Å². The van der Waals surface area contributed by atoms with Crippen LogP contribution in [0.1, 0.15) is 4.88 Å². The van der Waals surface area contributed by atoms with Crippen LogP contribution in [0.15, 0.2) is 47.4 Å². The number of para-hydroxylation sites is 1. The van der Waals surface area contributed by atoms with E-state index >= 15 is 0 Å². The summed E-state index contributed by atoms with van der Waals surface area (Å²) in [5.74, 6) is -0.0872. The first-order chi connectivity index (χ1) is 11.0. The van der Waals surface area contributed by atoms with E-state index in [1.165, 1.54) is 17.5 Å². The zero-order chi connectivity index (χ0) is 16.4. The smallest absolute Gasteiger partial charge is 0.244 e. The molecule has 0 saturated heterocycles. The molecule has 1 aromatic carbocycles. The molecule has 5 nitrogen and oxygen atoms in total. The lowest BCUT2D eigenvalue weighted by atomic mass is 10.2. The second kappa shape index (κ2) is 6.52. The van der Waals surface area contributed by atoms with Crippen LogP contribution in [-0.4, -0.2) is 27.6 Å². The van der Waals surface area contributed by atoms with E-state index in [2.05, 4.69) is 5.10 Å². The highest BCUT2D eigenvalue weighted by molar-refractivity contribution is 7.16. The minimum absolute atomic E-state index is 0.0798. The molecular weight excluding hydrogens is 334 g/mol. The lowest BCUT2D eigenvalue weighted by molar-refractivity contribution is -0.131. The molecule has 0 fully saturated rings. The van der Waals surface area contributed by atoms with Gasteiger partial charge in [0.1, 0.15) is 6.54 Å². The molecule has 0 atom stereocenters. The molecule has 0 aliphatic rings. The van der Waals surface area contributed by atoms with Crippen molar-refractivity contribution in [2.24, 2.45) is 0 Å². The van der Waals surface area contributed by atoms with Gasteiger partial charge in [-0.1, -0.05) is 23.7 Å². The van der Waals surface area contributed by atoms with Crippen molar-refractivity contribution in [3.63, 3.8) is 0 Å². The maximum absolute atomic E-state index is 12.4. The van der Waals surface area contributed by atoms with Gasteiger partial charge in [-0.3, -0.25) is 14.3 Å². The molecule has 0 radical (unpaired) electrons. The number of amides is 1. The Hall–Kier alpha value is -2.18. The van der Waals surface area contributed by atoms with Gasteiger partial charge < -0.3 is 4.90 Å². The molecule has 2 aromatic heterocycles. The normalized spacial score (nSPS) is 10.9. The molecular formula is C16H14ClN3O2S. The van der Waals surface area contributed by atoms with E-state index in [1.54, 1.807) is 34.8 Å². The van der Waals surface area contributed by atoms with Crippen LogP contribution in [0.2, 0.25) is 4.34 Å². The van der Waals surface area contributed by atoms with Crippen molar-refractivity contribution in [3.05, 3.63) is 62.0 Å². The van der Waals surface area contributed by atoms with Crippen molar-refractivity contribution < 1.29 is 4.79 Å². The first kappa shape index (κ1) is 15.7. The Bertz CT molecular complexity index is 919. The molecule has 0 spiro atoms. The van der Waals surface area contributed by atoms with Gasteiger partial charge in [-0.05, 0) is 24.3 Å². The third kappa shape index (κ3) is 3.43. The van der Waals surface area contributed by atoms with Crippen LogP contribution in [0.5, 0.6) is 0 Å². The van der Waals surface area contributed by atoms with Crippen molar-refractivity contribution in [2.45, 2.75) is 13.1 Å². The fraction of sp³-hybridized carbons (Fsp3) is 0.188. The summed E-state index contributed by atoms with van der Waals surface area (Å²) >= 11 is 7.36. The fourth-order valence-electron chi connectivity index (χ4n) is 2.29. The van der Waals surface area contributed by atoms with Gasteiger partial charge in [0.25, 0.3) is 0 Å². The maximum Gasteiger partial charge on any atom is 0.244 e. The average Bonchev–Trinajstić information content (AvgIpc) is 2.95. The lowest BCUT2D eigenvalue weighted by Gasteiger charge is -2.17. The molecule has 0 unspecified atom stereocenters. The Morgan fingerprint density at radius 2 is 2.09 bits per heavy atom. The molecule has 118 valence electrons. The molecule has 0 bridgehead atoms. The summed E-state index contributed by atoms with van der Waals surface area (Å²) < 4.78 is 2.26. The molecule has 1 amide bonds. The van der Waals surface area contributed by atoms with Crippen molar-refractivity contribution in [1.82, 2.24) is 14.7 Å². The molecule has 0 saturated carbocycles. The number of thiophene rings is 1. The van der Waals surface area contributed by atoms with E-state index in [0.29, 0.717) is 21.8 Å². The number of rotatable bonds is 4. The number of benzene rings is 1. The van der Waals surface area contributed by atoms with E-state index in [0.717, 1.165) is 4.88 Å². The zero-order valence-electron chi connectivity index (χ0n) is 12.4. The van der Waals surface area contributed by atoms with Gasteiger partial charge >= 0.3 is 0 Å². The predicted molar refractivity (Wildman–Crippen MR) is 91.8 cm³/mol. The number of fused-ring (bicyclic) bond motifs is 1. The van der Waals surface area contributed by atoms with Crippen LogP contribution >= 0.6 is 22.9 Å². The Kier molecular flexibility index (Phi) is 4.45. The number of hydrogen-bond donors (Lipinski definition) is 0. The molecule has 0 aliphatic heterocycles. The monoisotopic (exact) mass is 347 g/mol. The van der Waals surface area contributed by atoms with Gasteiger partial charge in [0.15, 0.2) is 0 Å². The van der Waals surface area contributed by atoms with Crippen LogP contribution in [0.4, 0.5) is 0 Å². The third-order valence-corrected chi connectivity index (χ3v) is 4.71. The first-order valence-electron chi connectivity index (χ1n) is 6.97. The van der Waals surface area contributed by atoms with Crippen molar-refractivity contribution in [1.29, 1.82) is 0 Å². The quantitative estimate of drug-likeness (QED) is 0.729. The number of aromatic nitrogens is 2. The van der Waals surface area contributed by atoms with Crippen molar-refractivity contribution in [2.75, 3.05) is 7.05 Å². The van der Waals surface area contributed by atoms with Crippen LogP contribution in [0.3, 0.4) is 0 Å². The molecule has 23 heavy (non-hydrogen) atoms. The van der Waals surface area contributed by atoms with Crippen LogP contribution in [-0.2, 0) is 17.9 Å². The standard InChI is InChI=1S/C16H14ClN3O2S/c1-19(9-11-6-7-15(17)23-11)16(22)10-20-13-5-3-2-4-12(13)14(21)8-18-20/h2-8H,9-10H2,1H3. The summed E-state index contributed by atoms with van der Waals surface area (Å²) in [6.07, 6.45) is 1.24. The zero-order valence-corrected chi connectivity index (χ0v) is 14.0. The number of carbonyl (C=O) groups excluding carboxylic acids is 1. The summed E-state index contributed by atoms with van der Waals surface area (Å²) in [7, 11) is 1.74. The number of halogens is 1. The van der Waals surface area contributed by atoms with Gasteiger partial charge in [0.05, 0.1) is 22.6 Å². The van der Waals surface area contributed by atoms with E-state index in [-0.39, 0.29) is 17.9 Å². The summed E-state index contributed by atoms with van der Waals surface area (Å²) in [4.78, 5) is 26.9. The Morgan fingerprint density at radius 1 is 1.30 bits per heavy atom. The van der Waals surface area contributed by atoms with Gasteiger partial charge in [-0.25, -0.2) is 0 Å². The second-order valence-electron chi connectivity index (χ2n) is 5.14. The van der Waals surface area contributed by atoms with E-state index in [9.17, 15) is 9.59 Å². The SMILES string of the molecule is CN(Cc1ccc(Cl)s1)C(=O)Cn1ncc(=O)c2ccccc21. The van der Waals surface area contributed by atoms with Crippen molar-refractivity contribution in [3.8, 4) is 0 Å². The lowest BCUT2D eigenvalue weighted by Crippen LogP contribution is -2.30. The Labute approximate surface area is 141 Å². The fourth-order valence-corrected chi connectivity index (χ4v) is 3.44. The summed E-state index contributed by atoms with van der Waals surface area (Å²) in [5.41, 5.74) is 0.506. The highest BCUT2D eigenvalue weighted by atomic mass is 35.5. The molecule has 3 rings (SSSR count). The summed E-state index contributed by atoms with van der Waals surface area (Å²) in [6, 6.07) is 10.9. The number of likely N-dealkylation sites (N-methyl/N-ethyl adjacent to an activating group) is 1. The van der Waals surface area contributed by atoms with Gasteiger partial charge in [0.2, 0.25) is 11.3 Å². The molecule has 3 aromatic rings. The Balaban J connectivity index is 1.80. The minimum Gasteiger partial charge on any atom is -0.339 e. The molecule has 0 aliphatic carbocycles. The predicted octanol–water partition coefficient (Wildman–Crippen LogP) is 2.77. The van der Waals surface area contributed by atoms with Gasteiger partial charge in [0, 0.05) is 17.3 Å². The number of nitrogens with zero attached hydrogens (tertiary/aromatic N) is 3. The topological polar surface area (TPSA) is 55.2 Å². The Morgan fingerprint density at radius 3 is 2.83 bits per heavy atom. The average molecular weight is 348 g/mol.